The number of phenols is 1. The Labute approximate surface area is 195 Å². The molecule has 0 amide bonds. The number of rotatable bonds is 5. The molecule has 176 valence electrons. The van der Waals surface area contributed by atoms with E-state index in [9.17, 15) is 9.90 Å². The van der Waals surface area contributed by atoms with Gasteiger partial charge in [0.2, 0.25) is 5.56 Å². The highest BCUT2D eigenvalue weighted by Crippen LogP contribution is 2.31. The van der Waals surface area contributed by atoms with Crippen LogP contribution in [0, 0.1) is 10.8 Å². The van der Waals surface area contributed by atoms with Crippen molar-refractivity contribution in [3.8, 4) is 16.9 Å². The first-order valence-electron chi connectivity index (χ1n) is 11.2. The van der Waals surface area contributed by atoms with Crippen molar-refractivity contribution in [2.75, 3.05) is 7.05 Å². The van der Waals surface area contributed by atoms with Gasteiger partial charge in [0.25, 0.3) is 0 Å². The van der Waals surface area contributed by atoms with Crippen LogP contribution >= 0.6 is 0 Å². The number of phenolic OH excluding ortho intramolecular Hbond substituents is 1. The van der Waals surface area contributed by atoms with Crippen molar-refractivity contribution in [2.45, 2.75) is 57.7 Å². The van der Waals surface area contributed by atoms with Gasteiger partial charge in [0.15, 0.2) is 0 Å². The van der Waals surface area contributed by atoms with Gasteiger partial charge in [-0.3, -0.25) is 10.2 Å². The number of benzene rings is 1. The molecule has 7 heteroatoms. The van der Waals surface area contributed by atoms with Gasteiger partial charge in [-0.25, -0.2) is 0 Å². The number of amidine groups is 1. The van der Waals surface area contributed by atoms with E-state index in [0.29, 0.717) is 11.4 Å². The Morgan fingerprint density at radius 1 is 1.09 bits per heavy atom. The van der Waals surface area contributed by atoms with Crippen LogP contribution in [0.1, 0.15) is 46.1 Å². The average molecular weight is 450 g/mol. The number of aromatic hydroxyl groups is 1. The topological polar surface area (TPSA) is 105 Å². The molecular formula is C26H35N5O2. The van der Waals surface area contributed by atoms with Gasteiger partial charge < -0.3 is 25.3 Å². The summed E-state index contributed by atoms with van der Waals surface area (Å²) in [6, 6.07) is 8.51. The van der Waals surface area contributed by atoms with Crippen LogP contribution in [0.15, 0.2) is 53.5 Å². The minimum Gasteiger partial charge on any atom is -0.507 e. The quantitative estimate of drug-likeness (QED) is 0.410. The number of nitrogens with one attached hydrogen (secondary N) is 3. The Morgan fingerprint density at radius 3 is 2.27 bits per heavy atom. The van der Waals surface area contributed by atoms with Gasteiger partial charge in [0.05, 0.1) is 5.71 Å². The van der Waals surface area contributed by atoms with E-state index in [0.717, 1.165) is 24.0 Å². The van der Waals surface area contributed by atoms with Crippen LogP contribution in [0.5, 0.6) is 5.75 Å². The summed E-state index contributed by atoms with van der Waals surface area (Å²) >= 11 is 0. The van der Waals surface area contributed by atoms with Crippen LogP contribution in [0.3, 0.4) is 0 Å². The van der Waals surface area contributed by atoms with E-state index in [1.54, 1.807) is 43.6 Å². The second-order valence-electron chi connectivity index (χ2n) is 10.3. The molecule has 2 aromatic rings. The average Bonchev–Trinajstić information content (AvgIpc) is 2.70. The van der Waals surface area contributed by atoms with E-state index < -0.39 is 0 Å². The Balaban J connectivity index is 1.72. The van der Waals surface area contributed by atoms with Crippen molar-refractivity contribution in [3.05, 3.63) is 64.6 Å². The van der Waals surface area contributed by atoms with Gasteiger partial charge in [-0.15, -0.1) is 0 Å². The molecule has 0 saturated carbocycles. The standard InChI is InChI=1S/C26H35N5O2/c1-25(2)14-19(15-26(3,4)29-25)31(6)23(28)11-10-21(27)20-9-7-17(13-22(20)32)18-8-12-24(33)30(5)16-18/h7-13,16,19,27-29,32H,14-15H2,1-6H3/b11-10-,27-21?,28-23?. The first-order valence-corrected chi connectivity index (χ1v) is 11.2. The largest absolute Gasteiger partial charge is 0.507 e. The molecule has 0 atom stereocenters. The first kappa shape index (κ1) is 24.5. The molecule has 1 fully saturated rings. The monoisotopic (exact) mass is 449 g/mol. The van der Waals surface area contributed by atoms with E-state index in [4.69, 9.17) is 10.8 Å². The number of piperidine rings is 1. The van der Waals surface area contributed by atoms with Crippen molar-refractivity contribution >= 4 is 11.5 Å². The lowest BCUT2D eigenvalue weighted by atomic mass is 9.79. The molecule has 33 heavy (non-hydrogen) atoms. The van der Waals surface area contributed by atoms with Gasteiger partial charge in [-0.2, -0.15) is 0 Å². The number of pyridine rings is 1. The molecule has 0 aliphatic carbocycles. The molecule has 0 spiro atoms. The zero-order valence-electron chi connectivity index (χ0n) is 20.4. The number of allylic oxidation sites excluding steroid dienone is 1. The van der Waals surface area contributed by atoms with E-state index in [2.05, 4.69) is 33.0 Å². The van der Waals surface area contributed by atoms with E-state index in [1.807, 2.05) is 18.0 Å². The number of hydrogen-bond acceptors (Lipinski definition) is 5. The van der Waals surface area contributed by atoms with E-state index in [-0.39, 0.29) is 34.1 Å². The summed E-state index contributed by atoms with van der Waals surface area (Å²) in [6.45, 7) is 8.74. The fourth-order valence-electron chi connectivity index (χ4n) is 4.81. The van der Waals surface area contributed by atoms with Crippen LogP contribution < -0.4 is 10.9 Å². The number of aromatic nitrogens is 1. The molecule has 1 aliphatic rings. The molecule has 0 unspecified atom stereocenters. The van der Waals surface area contributed by atoms with Gasteiger partial charge in [0.1, 0.15) is 11.6 Å². The molecule has 1 saturated heterocycles. The maximum absolute atomic E-state index is 11.6. The molecule has 7 nitrogen and oxygen atoms in total. The van der Waals surface area contributed by atoms with Crippen molar-refractivity contribution in [2.24, 2.45) is 7.05 Å². The molecule has 0 radical (unpaired) electrons. The second-order valence-corrected chi connectivity index (χ2v) is 10.3. The van der Waals surface area contributed by atoms with Gasteiger partial charge >= 0.3 is 0 Å². The fourth-order valence-corrected chi connectivity index (χ4v) is 4.81. The summed E-state index contributed by atoms with van der Waals surface area (Å²) in [7, 11) is 3.61. The highest BCUT2D eigenvalue weighted by Gasteiger charge is 2.39. The van der Waals surface area contributed by atoms with Crippen LogP contribution in [-0.4, -0.2) is 50.3 Å². The SMILES string of the molecule is CN(C(=N)/C=C\C(=N)c1ccc(-c2ccc(=O)n(C)c2)cc1O)C1CC(C)(C)NC(C)(C)C1. The summed E-state index contributed by atoms with van der Waals surface area (Å²) in [5, 5.41) is 31.1. The third-order valence-electron chi connectivity index (χ3n) is 6.21. The third-order valence-corrected chi connectivity index (χ3v) is 6.21. The van der Waals surface area contributed by atoms with Crippen molar-refractivity contribution in [3.63, 3.8) is 0 Å². The fraction of sp³-hybridized carbons (Fsp3) is 0.423. The predicted octanol–water partition coefficient (Wildman–Crippen LogP) is 3.90. The predicted molar refractivity (Wildman–Crippen MR) is 135 cm³/mol. The third kappa shape index (κ3) is 5.79. The van der Waals surface area contributed by atoms with Gasteiger partial charge in [0, 0.05) is 49.0 Å². The van der Waals surface area contributed by atoms with E-state index in [1.165, 1.54) is 10.6 Å². The number of aryl methyl sites for hydroxylation is 1. The van der Waals surface area contributed by atoms with Crippen molar-refractivity contribution in [1.29, 1.82) is 10.8 Å². The summed E-state index contributed by atoms with van der Waals surface area (Å²) in [6.07, 6.45) is 6.73. The minimum absolute atomic E-state index is 0.0160. The first-order chi connectivity index (χ1) is 15.3. The molecule has 3 rings (SSSR count). The minimum atomic E-state index is -0.101. The molecule has 2 heterocycles. The Kier molecular flexibility index (Phi) is 6.65. The summed E-state index contributed by atoms with van der Waals surface area (Å²) in [4.78, 5) is 13.6. The lowest BCUT2D eigenvalue weighted by molar-refractivity contribution is 0.114. The molecule has 4 N–H and O–H groups in total. The lowest BCUT2D eigenvalue weighted by Crippen LogP contribution is -2.62. The molecule has 1 aromatic carbocycles. The van der Waals surface area contributed by atoms with Crippen molar-refractivity contribution < 1.29 is 5.11 Å². The maximum atomic E-state index is 11.6. The molecular weight excluding hydrogens is 414 g/mol. The molecule has 0 bridgehead atoms. The Morgan fingerprint density at radius 2 is 1.70 bits per heavy atom. The highest BCUT2D eigenvalue weighted by atomic mass is 16.3. The zero-order valence-corrected chi connectivity index (χ0v) is 20.4. The summed E-state index contributed by atoms with van der Waals surface area (Å²) in [5.74, 6) is 0.317. The summed E-state index contributed by atoms with van der Waals surface area (Å²) < 4.78 is 1.48. The van der Waals surface area contributed by atoms with Crippen LogP contribution in [0.4, 0.5) is 0 Å². The van der Waals surface area contributed by atoms with Crippen LogP contribution in [0.2, 0.25) is 0 Å². The van der Waals surface area contributed by atoms with E-state index >= 15 is 0 Å². The Hall–Kier alpha value is -3.19. The number of likely N-dealkylation sites (N-methyl/N-ethyl adjacent to an activating group) is 1. The molecule has 1 aromatic heterocycles. The number of nitrogens with zero attached hydrogens (tertiary/aromatic N) is 2. The second kappa shape index (κ2) is 8.98. The maximum Gasteiger partial charge on any atom is 0.250 e. The Bertz CT molecular complexity index is 1140. The summed E-state index contributed by atoms with van der Waals surface area (Å²) in [5.41, 5.74) is 1.94. The number of hydrogen-bond donors (Lipinski definition) is 4. The van der Waals surface area contributed by atoms with Crippen LogP contribution in [-0.2, 0) is 7.05 Å². The lowest BCUT2D eigenvalue weighted by Gasteiger charge is -2.49. The molecule has 1 aliphatic heterocycles. The smallest absolute Gasteiger partial charge is 0.250 e. The van der Waals surface area contributed by atoms with Gasteiger partial charge in [-0.05, 0) is 82.0 Å². The zero-order chi connectivity index (χ0) is 24.6. The van der Waals surface area contributed by atoms with Crippen molar-refractivity contribution in [1.82, 2.24) is 14.8 Å². The van der Waals surface area contributed by atoms with Gasteiger partial charge in [-0.1, -0.05) is 6.07 Å². The normalized spacial score (nSPS) is 17.8. The van der Waals surface area contributed by atoms with Crippen LogP contribution in [0.25, 0.3) is 11.1 Å². The highest BCUT2D eigenvalue weighted by molar-refractivity contribution is 6.11.